The molecule has 1 aliphatic rings. The van der Waals surface area contributed by atoms with E-state index in [1.807, 2.05) is 11.3 Å². The Balaban J connectivity index is 1.81. The van der Waals surface area contributed by atoms with Gasteiger partial charge in [0.05, 0.1) is 0 Å². The third-order valence-corrected chi connectivity index (χ3v) is 3.56. The van der Waals surface area contributed by atoms with Crippen LogP contribution in [0.1, 0.15) is 28.2 Å². The molecule has 1 N–H and O–H groups in total. The number of rotatable bonds is 4. The Hall–Kier alpha value is -0.340. The third kappa shape index (κ3) is 2.55. The van der Waals surface area contributed by atoms with Crippen LogP contribution < -0.4 is 5.32 Å². The molecule has 0 spiro atoms. The van der Waals surface area contributed by atoms with Crippen LogP contribution in [0.2, 0.25) is 0 Å². The summed E-state index contributed by atoms with van der Waals surface area (Å²) in [6.07, 6.45) is 3.98. The minimum absolute atomic E-state index is 0.847. The number of nitrogens with one attached hydrogen (secondary N) is 1. The van der Waals surface area contributed by atoms with E-state index in [-0.39, 0.29) is 0 Å². The maximum Gasteiger partial charge on any atom is 0.00683 e. The Kier molecular flexibility index (Phi) is 2.70. The second kappa shape index (κ2) is 3.81. The highest BCUT2D eigenvalue weighted by Crippen LogP contribution is 2.22. The minimum atomic E-state index is 0.847. The van der Waals surface area contributed by atoms with Crippen LogP contribution in [0.15, 0.2) is 6.07 Å². The molecule has 1 heterocycles. The summed E-state index contributed by atoms with van der Waals surface area (Å²) in [4.78, 5) is 2.94. The average molecular weight is 195 g/mol. The van der Waals surface area contributed by atoms with Crippen LogP contribution in [0.4, 0.5) is 0 Å². The van der Waals surface area contributed by atoms with Crippen molar-refractivity contribution in [2.24, 2.45) is 0 Å². The van der Waals surface area contributed by atoms with E-state index in [2.05, 4.69) is 25.2 Å². The summed E-state index contributed by atoms with van der Waals surface area (Å²) in [7, 11) is 0. The standard InChI is InChI=1S/C11H17NS/c1-8-7-10(9(2)13-8)5-6-12-11-3-4-11/h7,11-12H,3-6H2,1-2H3. The molecule has 0 amide bonds. The van der Waals surface area contributed by atoms with E-state index in [4.69, 9.17) is 0 Å². The Morgan fingerprint density at radius 1 is 1.46 bits per heavy atom. The Morgan fingerprint density at radius 2 is 2.23 bits per heavy atom. The molecule has 0 aromatic carbocycles. The summed E-state index contributed by atoms with van der Waals surface area (Å²) in [5, 5.41) is 3.55. The minimum Gasteiger partial charge on any atom is -0.314 e. The highest BCUT2D eigenvalue weighted by molar-refractivity contribution is 7.12. The van der Waals surface area contributed by atoms with Crippen LogP contribution in [0, 0.1) is 13.8 Å². The molecule has 1 fully saturated rings. The molecule has 1 aromatic rings. The zero-order valence-electron chi connectivity index (χ0n) is 8.39. The second-order valence-electron chi connectivity index (χ2n) is 3.92. The fourth-order valence-corrected chi connectivity index (χ4v) is 2.61. The Bertz CT molecular complexity index is 286. The first-order valence-electron chi connectivity index (χ1n) is 5.05. The Labute approximate surface area is 84.2 Å². The number of hydrogen-bond acceptors (Lipinski definition) is 2. The van der Waals surface area contributed by atoms with Crippen LogP contribution in [-0.4, -0.2) is 12.6 Å². The zero-order chi connectivity index (χ0) is 9.26. The van der Waals surface area contributed by atoms with Gasteiger partial charge in [0.15, 0.2) is 0 Å². The van der Waals surface area contributed by atoms with Gasteiger partial charge in [-0.25, -0.2) is 0 Å². The summed E-state index contributed by atoms with van der Waals surface area (Å²) in [6, 6.07) is 3.18. The van der Waals surface area contributed by atoms with Gasteiger partial charge in [0.25, 0.3) is 0 Å². The van der Waals surface area contributed by atoms with Crippen molar-refractivity contribution >= 4 is 11.3 Å². The second-order valence-corrected chi connectivity index (χ2v) is 5.38. The van der Waals surface area contributed by atoms with Gasteiger partial charge in [0.2, 0.25) is 0 Å². The molecule has 2 heteroatoms. The van der Waals surface area contributed by atoms with Gasteiger partial charge in [-0.1, -0.05) is 0 Å². The van der Waals surface area contributed by atoms with Crippen molar-refractivity contribution < 1.29 is 0 Å². The third-order valence-electron chi connectivity index (χ3n) is 2.55. The first-order chi connectivity index (χ1) is 6.25. The van der Waals surface area contributed by atoms with Gasteiger partial charge in [-0.15, -0.1) is 11.3 Å². The Morgan fingerprint density at radius 3 is 2.77 bits per heavy atom. The maximum absolute atomic E-state index is 3.55. The van der Waals surface area contributed by atoms with Crippen molar-refractivity contribution in [1.29, 1.82) is 0 Å². The van der Waals surface area contributed by atoms with Crippen LogP contribution in [-0.2, 0) is 6.42 Å². The smallest absolute Gasteiger partial charge is 0.00683 e. The maximum atomic E-state index is 3.55. The molecule has 1 aliphatic carbocycles. The summed E-state index contributed by atoms with van der Waals surface area (Å²) in [6.45, 7) is 5.57. The lowest BCUT2D eigenvalue weighted by molar-refractivity contribution is 0.681. The molecule has 1 aromatic heterocycles. The topological polar surface area (TPSA) is 12.0 Å². The number of hydrogen-bond donors (Lipinski definition) is 1. The summed E-state index contributed by atoms with van der Waals surface area (Å²) in [5.41, 5.74) is 1.54. The molecule has 1 nitrogen and oxygen atoms in total. The largest absolute Gasteiger partial charge is 0.314 e. The molecule has 0 radical (unpaired) electrons. The van der Waals surface area contributed by atoms with E-state index in [9.17, 15) is 0 Å². The number of aryl methyl sites for hydroxylation is 2. The molecular weight excluding hydrogens is 178 g/mol. The molecule has 0 bridgehead atoms. The zero-order valence-corrected chi connectivity index (χ0v) is 9.21. The summed E-state index contributed by atoms with van der Waals surface area (Å²) in [5.74, 6) is 0. The summed E-state index contributed by atoms with van der Waals surface area (Å²) < 4.78 is 0. The van der Waals surface area contributed by atoms with Crippen molar-refractivity contribution in [3.05, 3.63) is 21.4 Å². The molecular formula is C11H17NS. The van der Waals surface area contributed by atoms with E-state index in [1.165, 1.54) is 34.6 Å². The molecule has 0 aliphatic heterocycles. The van der Waals surface area contributed by atoms with Crippen LogP contribution in [0.3, 0.4) is 0 Å². The van der Waals surface area contributed by atoms with Gasteiger partial charge in [0, 0.05) is 15.8 Å². The predicted molar refractivity (Wildman–Crippen MR) is 58.5 cm³/mol. The van der Waals surface area contributed by atoms with E-state index >= 15 is 0 Å². The molecule has 0 unspecified atom stereocenters. The van der Waals surface area contributed by atoms with Crippen LogP contribution in [0.25, 0.3) is 0 Å². The van der Waals surface area contributed by atoms with E-state index in [1.54, 1.807) is 0 Å². The lowest BCUT2D eigenvalue weighted by Gasteiger charge is -2.01. The van der Waals surface area contributed by atoms with E-state index in [0.717, 1.165) is 12.6 Å². The monoisotopic (exact) mass is 195 g/mol. The lowest BCUT2D eigenvalue weighted by Crippen LogP contribution is -2.19. The van der Waals surface area contributed by atoms with Gasteiger partial charge in [-0.2, -0.15) is 0 Å². The van der Waals surface area contributed by atoms with Gasteiger partial charge in [0.1, 0.15) is 0 Å². The lowest BCUT2D eigenvalue weighted by atomic mass is 10.2. The van der Waals surface area contributed by atoms with E-state index < -0.39 is 0 Å². The normalized spacial score (nSPS) is 16.5. The predicted octanol–water partition coefficient (Wildman–Crippen LogP) is 2.66. The van der Waals surface area contributed by atoms with Crippen molar-refractivity contribution in [3.8, 4) is 0 Å². The quantitative estimate of drug-likeness (QED) is 0.779. The molecule has 0 saturated heterocycles. The highest BCUT2D eigenvalue weighted by atomic mass is 32.1. The van der Waals surface area contributed by atoms with Crippen LogP contribution in [0.5, 0.6) is 0 Å². The molecule has 2 rings (SSSR count). The van der Waals surface area contributed by atoms with Crippen LogP contribution >= 0.6 is 11.3 Å². The molecule has 72 valence electrons. The first kappa shape index (κ1) is 9.22. The van der Waals surface area contributed by atoms with Crippen molar-refractivity contribution in [3.63, 3.8) is 0 Å². The average Bonchev–Trinajstić information content (AvgIpc) is 2.81. The van der Waals surface area contributed by atoms with Crippen molar-refractivity contribution in [1.82, 2.24) is 5.32 Å². The van der Waals surface area contributed by atoms with Gasteiger partial charge in [-0.05, 0) is 51.3 Å². The number of thiophene rings is 1. The van der Waals surface area contributed by atoms with Gasteiger partial charge < -0.3 is 5.32 Å². The van der Waals surface area contributed by atoms with Crippen molar-refractivity contribution in [2.75, 3.05) is 6.54 Å². The van der Waals surface area contributed by atoms with E-state index in [0.29, 0.717) is 0 Å². The van der Waals surface area contributed by atoms with Crippen molar-refractivity contribution in [2.45, 2.75) is 39.2 Å². The first-order valence-corrected chi connectivity index (χ1v) is 5.86. The van der Waals surface area contributed by atoms with Gasteiger partial charge >= 0.3 is 0 Å². The fourth-order valence-electron chi connectivity index (χ4n) is 1.63. The summed E-state index contributed by atoms with van der Waals surface area (Å²) >= 11 is 1.92. The SMILES string of the molecule is Cc1cc(CCNC2CC2)c(C)s1. The highest BCUT2D eigenvalue weighted by Gasteiger charge is 2.19. The fraction of sp³-hybridized carbons (Fsp3) is 0.636. The molecule has 13 heavy (non-hydrogen) atoms. The van der Waals surface area contributed by atoms with Gasteiger partial charge in [-0.3, -0.25) is 0 Å². The molecule has 0 atom stereocenters. The molecule has 1 saturated carbocycles.